The number of rotatable bonds is 15. The van der Waals surface area contributed by atoms with Crippen LogP contribution in [0.4, 0.5) is 0 Å². The second-order valence-corrected chi connectivity index (χ2v) is 30.4. The molecule has 0 aromatic heterocycles. The second-order valence-electron chi connectivity index (χ2n) is 21.4. The maximum atomic E-state index is 14.5. The van der Waals surface area contributed by atoms with Gasteiger partial charge in [0.2, 0.25) is 0 Å². The monoisotopic (exact) mass is 947 g/mol. The molecule has 1 aliphatic heterocycles. The summed E-state index contributed by atoms with van der Waals surface area (Å²) >= 11 is 0. The van der Waals surface area contributed by atoms with Crippen LogP contribution in [0.5, 0.6) is 0 Å². The van der Waals surface area contributed by atoms with Crippen LogP contribution in [0.15, 0.2) is 109 Å². The van der Waals surface area contributed by atoms with E-state index < -0.39 is 40.4 Å². The topological polar surface area (TPSA) is 98.8 Å². The van der Waals surface area contributed by atoms with Gasteiger partial charge in [0.15, 0.2) is 14.1 Å². The third kappa shape index (κ3) is 15.9. The SMILES string of the molecule is C=C1CC(=O)[C@](C)(O[Si](C)(C)C(C)(C)C)/C=C/C[C@H](C)[C@@H](C[C@H](C)[C@H](C)O[Si](c2ccccc2)(c2ccccc2)C(C)(C)C)OC(=O)/C=C(/C)[C@@H](C)[C@@H](OCOC)/C=C/C[C@H](OCOC)C1. The Hall–Kier alpha value is -3.27. The van der Waals surface area contributed by atoms with Gasteiger partial charge in [0.1, 0.15) is 25.3 Å². The Kier molecular flexibility index (Phi) is 21.9. The first kappa shape index (κ1) is 57.1. The average Bonchev–Trinajstić information content (AvgIpc) is 3.24. The Bertz CT molecular complexity index is 1870. The summed E-state index contributed by atoms with van der Waals surface area (Å²) in [6, 6.07) is 21.3. The number of methoxy groups -OCH3 is 2. The molecule has 8 atom stereocenters. The fourth-order valence-electron chi connectivity index (χ4n) is 8.38. The number of hydrogen-bond acceptors (Lipinski definition) is 9. The van der Waals surface area contributed by atoms with E-state index in [1.807, 2.05) is 45.1 Å². The lowest BCUT2D eigenvalue weighted by Crippen LogP contribution is -2.68. The molecule has 0 fully saturated rings. The van der Waals surface area contributed by atoms with Crippen molar-refractivity contribution in [1.82, 2.24) is 0 Å². The number of ether oxygens (including phenoxy) is 5. The number of benzene rings is 2. The van der Waals surface area contributed by atoms with E-state index >= 15 is 0 Å². The molecule has 66 heavy (non-hydrogen) atoms. The Morgan fingerprint density at radius 3 is 1.92 bits per heavy atom. The van der Waals surface area contributed by atoms with Crippen molar-refractivity contribution in [1.29, 1.82) is 0 Å². The van der Waals surface area contributed by atoms with E-state index in [2.05, 4.69) is 143 Å². The minimum absolute atomic E-state index is 0.00106. The molecule has 0 radical (unpaired) electrons. The zero-order chi connectivity index (χ0) is 49.5. The molecule has 0 unspecified atom stereocenters. The molecule has 0 N–H and O–H groups in total. The van der Waals surface area contributed by atoms with E-state index in [1.165, 1.54) is 10.4 Å². The Morgan fingerprint density at radius 2 is 1.39 bits per heavy atom. The molecule has 0 saturated carbocycles. The highest BCUT2D eigenvalue weighted by Gasteiger charge is 2.51. The molecule has 1 aliphatic rings. The van der Waals surface area contributed by atoms with Crippen molar-refractivity contribution in [2.24, 2.45) is 17.8 Å². The molecule has 11 heteroatoms. The van der Waals surface area contributed by atoms with Crippen molar-refractivity contribution < 1.29 is 42.1 Å². The zero-order valence-corrected chi connectivity index (χ0v) is 45.5. The van der Waals surface area contributed by atoms with Crippen LogP contribution < -0.4 is 10.4 Å². The van der Waals surface area contributed by atoms with Crippen LogP contribution in [0.25, 0.3) is 0 Å². The lowest BCUT2D eigenvalue weighted by molar-refractivity contribution is -0.147. The first-order chi connectivity index (χ1) is 30.8. The van der Waals surface area contributed by atoms with Gasteiger partial charge in [0.05, 0.1) is 12.2 Å². The lowest BCUT2D eigenvalue weighted by Gasteiger charge is -2.46. The molecule has 2 aromatic carbocycles. The van der Waals surface area contributed by atoms with Crippen molar-refractivity contribution >= 4 is 38.8 Å². The average molecular weight is 947 g/mol. The van der Waals surface area contributed by atoms with E-state index in [0.717, 1.165) is 11.1 Å². The molecular weight excluding hydrogens is 861 g/mol. The van der Waals surface area contributed by atoms with Crippen LogP contribution in [0, 0.1) is 17.8 Å². The number of esters is 1. The van der Waals surface area contributed by atoms with E-state index in [1.54, 1.807) is 20.3 Å². The first-order valence-electron chi connectivity index (χ1n) is 23.9. The largest absolute Gasteiger partial charge is 0.459 e. The van der Waals surface area contributed by atoms with Gasteiger partial charge in [-0.3, -0.25) is 4.79 Å². The minimum atomic E-state index is -2.87. The van der Waals surface area contributed by atoms with Crippen molar-refractivity contribution in [3.8, 4) is 0 Å². The molecule has 0 saturated heterocycles. The predicted octanol–water partition coefficient (Wildman–Crippen LogP) is 11.7. The molecule has 0 amide bonds. The highest BCUT2D eigenvalue weighted by Crippen LogP contribution is 2.41. The Labute approximate surface area is 402 Å². The van der Waals surface area contributed by atoms with Gasteiger partial charge in [0.25, 0.3) is 8.32 Å². The number of carbonyl (C=O) groups is 2. The van der Waals surface area contributed by atoms with Gasteiger partial charge < -0.3 is 32.5 Å². The number of cyclic esters (lactones) is 1. The summed E-state index contributed by atoms with van der Waals surface area (Å²) in [5.41, 5.74) is 0.361. The Balaban J connectivity index is 2.13. The molecule has 0 spiro atoms. The van der Waals surface area contributed by atoms with Crippen molar-refractivity contribution in [3.05, 3.63) is 109 Å². The lowest BCUT2D eigenvalue weighted by atomic mass is 9.88. The normalized spacial score (nSPS) is 26.7. The summed E-state index contributed by atoms with van der Waals surface area (Å²) in [6.07, 6.45) is 10.4. The molecule has 2 aromatic rings. The van der Waals surface area contributed by atoms with E-state index in [4.69, 9.17) is 32.5 Å². The van der Waals surface area contributed by atoms with E-state index in [-0.39, 0.29) is 65.8 Å². The highest BCUT2D eigenvalue weighted by molar-refractivity contribution is 6.99. The molecule has 0 bridgehead atoms. The fraction of sp³-hybridized carbons (Fsp3) is 0.600. The quantitative estimate of drug-likeness (QED) is 0.0748. The number of hydrogen-bond donors (Lipinski definition) is 0. The fourth-order valence-corrected chi connectivity index (χ4v) is 14.7. The summed E-state index contributed by atoms with van der Waals surface area (Å²) in [7, 11) is -2.15. The van der Waals surface area contributed by atoms with Gasteiger partial charge in [-0.15, -0.1) is 0 Å². The van der Waals surface area contributed by atoms with Crippen LogP contribution in [0.3, 0.4) is 0 Å². The number of Topliss-reactive ketones (excluding diaryl/α,β-unsaturated/α-hetero) is 1. The zero-order valence-electron chi connectivity index (χ0n) is 43.5. The summed E-state index contributed by atoms with van der Waals surface area (Å²) < 4.78 is 43.9. The molecular formula is C55H86O9Si2. The third-order valence-corrected chi connectivity index (χ3v) is 23.5. The summed E-state index contributed by atoms with van der Waals surface area (Å²) in [5.74, 6) is -0.781. The van der Waals surface area contributed by atoms with Crippen LogP contribution >= 0.6 is 0 Å². The van der Waals surface area contributed by atoms with Gasteiger partial charge in [0, 0.05) is 38.7 Å². The van der Waals surface area contributed by atoms with Gasteiger partial charge >= 0.3 is 5.97 Å². The van der Waals surface area contributed by atoms with E-state index in [9.17, 15) is 9.59 Å². The van der Waals surface area contributed by atoms with Gasteiger partial charge in [-0.05, 0) is 91.8 Å². The Morgan fingerprint density at radius 1 is 0.833 bits per heavy atom. The molecule has 1 heterocycles. The molecule has 0 aliphatic carbocycles. The summed E-state index contributed by atoms with van der Waals surface area (Å²) in [4.78, 5) is 28.7. The van der Waals surface area contributed by atoms with Crippen molar-refractivity contribution in [2.45, 2.75) is 168 Å². The smallest absolute Gasteiger partial charge is 0.330 e. The summed E-state index contributed by atoms with van der Waals surface area (Å²) in [5, 5.41) is 2.09. The van der Waals surface area contributed by atoms with Crippen LogP contribution in [0.1, 0.15) is 115 Å². The first-order valence-corrected chi connectivity index (χ1v) is 28.8. The van der Waals surface area contributed by atoms with Crippen molar-refractivity contribution in [3.63, 3.8) is 0 Å². The van der Waals surface area contributed by atoms with Gasteiger partial charge in [-0.1, -0.05) is 165 Å². The maximum Gasteiger partial charge on any atom is 0.330 e. The highest BCUT2D eigenvalue weighted by atomic mass is 28.4. The standard InChI is InChI=1S/C55H86O9Si2/c1-40-34-46(60-38-58-14)27-24-32-49(61-39-59-15)44(5)42(3)37-52(57)62-50(41(2)26-25-33-55(13,51(56)35-40)64-65(16,17)53(7,8)9)36-43(4)45(6)63-66(54(10,11)12,47-28-20-18-21-29-47)48-30-22-19-23-31-48/h18-25,28-33,37,41,43-46,49-50H,1,26-27,34-36,38-39H2,2-17H3/b32-24+,33-25+,42-37-/t41-,43-,44+,45-,46-,49-,50+,55+/m0/s1. The minimum Gasteiger partial charge on any atom is -0.459 e. The number of ketones is 1. The van der Waals surface area contributed by atoms with Crippen LogP contribution in [-0.2, 0) is 42.1 Å². The maximum absolute atomic E-state index is 14.5. The van der Waals surface area contributed by atoms with Gasteiger partial charge in [-0.25, -0.2) is 4.79 Å². The summed E-state index contributed by atoms with van der Waals surface area (Å²) in [6.45, 7) is 34.6. The van der Waals surface area contributed by atoms with E-state index in [0.29, 0.717) is 25.7 Å². The number of carbonyl (C=O) groups excluding carboxylic acids is 2. The van der Waals surface area contributed by atoms with Crippen LogP contribution in [-0.4, -0.2) is 86.2 Å². The number of allylic oxidation sites excluding steroid dienone is 1. The molecule has 3 rings (SSSR count). The second kappa shape index (κ2) is 25.4. The van der Waals surface area contributed by atoms with Crippen molar-refractivity contribution in [2.75, 3.05) is 27.8 Å². The predicted molar refractivity (Wildman–Crippen MR) is 275 cm³/mol. The van der Waals surface area contributed by atoms with Gasteiger partial charge in [-0.2, -0.15) is 0 Å². The molecule has 368 valence electrons. The van der Waals surface area contributed by atoms with Crippen LogP contribution in [0.2, 0.25) is 23.2 Å². The third-order valence-electron chi connectivity index (χ3n) is 13.9. The molecule has 9 nitrogen and oxygen atoms in total.